The summed E-state index contributed by atoms with van der Waals surface area (Å²) in [6.07, 6.45) is 3.79. The van der Waals surface area contributed by atoms with Crippen molar-refractivity contribution in [3.8, 4) is 0 Å². The molecule has 2 atom stereocenters. The molecule has 0 saturated carbocycles. The minimum absolute atomic E-state index is 0.0138. The number of amides is 1. The van der Waals surface area contributed by atoms with Crippen LogP contribution in [0, 0.1) is 11.3 Å². The third-order valence-corrected chi connectivity index (χ3v) is 5.21. The summed E-state index contributed by atoms with van der Waals surface area (Å²) in [7, 11) is 0. The zero-order valence-electron chi connectivity index (χ0n) is 15.1. The van der Waals surface area contributed by atoms with Crippen molar-refractivity contribution < 1.29 is 9.90 Å². The van der Waals surface area contributed by atoms with Gasteiger partial charge in [-0.25, -0.2) is 0 Å². The lowest BCUT2D eigenvalue weighted by Crippen LogP contribution is -2.39. The van der Waals surface area contributed by atoms with Crippen LogP contribution in [0.4, 0.5) is 0 Å². The highest BCUT2D eigenvalue weighted by atomic mass is 16.3. The van der Waals surface area contributed by atoms with Crippen molar-refractivity contribution >= 4 is 16.8 Å². The van der Waals surface area contributed by atoms with Crippen molar-refractivity contribution in [2.45, 2.75) is 26.2 Å². The van der Waals surface area contributed by atoms with Crippen molar-refractivity contribution in [1.82, 2.24) is 4.98 Å². The van der Waals surface area contributed by atoms with E-state index in [1.165, 1.54) is 0 Å². The minimum Gasteiger partial charge on any atom is -0.396 e. The molecule has 1 heterocycles. The maximum absolute atomic E-state index is 12.3. The second kappa shape index (κ2) is 7.75. The largest absolute Gasteiger partial charge is 0.396 e. The van der Waals surface area contributed by atoms with Gasteiger partial charge in [0.15, 0.2) is 0 Å². The molecule has 1 amide bonds. The van der Waals surface area contributed by atoms with Gasteiger partial charge in [-0.15, -0.1) is 0 Å². The van der Waals surface area contributed by atoms with Gasteiger partial charge in [0.1, 0.15) is 0 Å². The molecule has 0 saturated heterocycles. The number of aliphatic hydroxyl groups is 1. The number of rotatable bonds is 8. The number of fused-ring (bicyclic) bond motifs is 1. The molecule has 0 fully saturated rings. The zero-order valence-corrected chi connectivity index (χ0v) is 15.1. The first-order valence-corrected chi connectivity index (χ1v) is 9.01. The summed E-state index contributed by atoms with van der Waals surface area (Å²) in [5, 5.41) is 11.0. The normalized spacial score (nSPS) is 14.8. The molecule has 0 aliphatic carbocycles. The molecule has 136 valence electrons. The SMILES string of the molecule is CC(Cc1c[nH]c2ccccc12)(CC(CO)Cc1ccccc1)C(N)=O. The first-order valence-electron chi connectivity index (χ1n) is 9.01. The van der Waals surface area contributed by atoms with Crippen LogP contribution in [0.5, 0.6) is 0 Å². The Kier molecular flexibility index (Phi) is 5.43. The minimum atomic E-state index is -0.715. The summed E-state index contributed by atoms with van der Waals surface area (Å²) >= 11 is 0. The molecule has 2 unspecified atom stereocenters. The Balaban J connectivity index is 1.81. The van der Waals surface area contributed by atoms with E-state index in [9.17, 15) is 9.90 Å². The first kappa shape index (κ1) is 18.2. The van der Waals surface area contributed by atoms with Crippen molar-refractivity contribution in [3.05, 3.63) is 71.9 Å². The number of aromatic nitrogens is 1. The van der Waals surface area contributed by atoms with Gasteiger partial charge in [0.2, 0.25) is 5.91 Å². The van der Waals surface area contributed by atoms with E-state index in [2.05, 4.69) is 11.1 Å². The van der Waals surface area contributed by atoms with Gasteiger partial charge in [0.05, 0.1) is 5.41 Å². The molecule has 0 spiro atoms. The van der Waals surface area contributed by atoms with E-state index in [4.69, 9.17) is 5.73 Å². The highest BCUT2D eigenvalue weighted by Crippen LogP contribution is 2.34. The van der Waals surface area contributed by atoms with Gasteiger partial charge in [-0.3, -0.25) is 4.79 Å². The molecule has 4 heteroatoms. The van der Waals surface area contributed by atoms with Gasteiger partial charge in [-0.05, 0) is 42.4 Å². The Bertz CT molecular complexity index is 872. The smallest absolute Gasteiger partial charge is 0.223 e. The van der Waals surface area contributed by atoms with Crippen LogP contribution >= 0.6 is 0 Å². The van der Waals surface area contributed by atoms with E-state index in [1.54, 1.807) is 0 Å². The second-order valence-corrected chi connectivity index (χ2v) is 7.40. The predicted molar refractivity (Wildman–Crippen MR) is 105 cm³/mol. The fourth-order valence-corrected chi connectivity index (χ4v) is 3.74. The Morgan fingerprint density at radius 1 is 1.15 bits per heavy atom. The Hall–Kier alpha value is -2.59. The van der Waals surface area contributed by atoms with Gasteiger partial charge in [-0.1, -0.05) is 55.5 Å². The second-order valence-electron chi connectivity index (χ2n) is 7.40. The first-order chi connectivity index (χ1) is 12.5. The number of nitrogens with two attached hydrogens (primary N) is 1. The van der Waals surface area contributed by atoms with Crippen LogP contribution in [0.3, 0.4) is 0 Å². The molecule has 0 bridgehead atoms. The Morgan fingerprint density at radius 2 is 1.85 bits per heavy atom. The van der Waals surface area contributed by atoms with E-state index in [0.29, 0.717) is 12.8 Å². The standard InChI is InChI=1S/C22H26N2O2/c1-22(21(23)26,12-17(15-25)11-16-7-3-2-4-8-16)13-18-14-24-20-10-6-5-9-19(18)20/h2-10,14,17,24-25H,11-13,15H2,1H3,(H2,23,26). The fraction of sp³-hybridized carbons (Fsp3) is 0.318. The molecule has 0 aliphatic rings. The van der Waals surface area contributed by atoms with Gasteiger partial charge in [0, 0.05) is 23.7 Å². The molecule has 1 aromatic heterocycles. The summed E-state index contributed by atoms with van der Waals surface area (Å²) in [6, 6.07) is 18.1. The predicted octanol–water partition coefficient (Wildman–Crippen LogP) is 3.44. The third-order valence-electron chi connectivity index (χ3n) is 5.21. The van der Waals surface area contributed by atoms with Gasteiger partial charge >= 0.3 is 0 Å². The van der Waals surface area contributed by atoms with Crippen molar-refractivity contribution in [2.75, 3.05) is 6.61 Å². The summed E-state index contributed by atoms with van der Waals surface area (Å²) in [6.45, 7) is 1.94. The number of carbonyl (C=O) groups excluding carboxylic acids is 1. The average Bonchev–Trinajstić information content (AvgIpc) is 3.05. The van der Waals surface area contributed by atoms with Gasteiger partial charge in [0.25, 0.3) is 0 Å². The van der Waals surface area contributed by atoms with Crippen LogP contribution in [0.2, 0.25) is 0 Å². The molecule has 4 N–H and O–H groups in total. The maximum Gasteiger partial charge on any atom is 0.223 e. The van der Waals surface area contributed by atoms with E-state index in [-0.39, 0.29) is 18.4 Å². The molecule has 3 aromatic rings. The quantitative estimate of drug-likeness (QED) is 0.582. The number of H-pyrrole nitrogens is 1. The van der Waals surface area contributed by atoms with Gasteiger partial charge in [-0.2, -0.15) is 0 Å². The summed E-state index contributed by atoms with van der Waals surface area (Å²) in [5.74, 6) is -0.339. The van der Waals surface area contributed by atoms with Crippen LogP contribution in [-0.4, -0.2) is 22.6 Å². The third kappa shape index (κ3) is 3.97. The lowest BCUT2D eigenvalue weighted by molar-refractivity contribution is -0.128. The van der Waals surface area contributed by atoms with Crippen LogP contribution in [0.15, 0.2) is 60.8 Å². The van der Waals surface area contributed by atoms with E-state index < -0.39 is 5.41 Å². The lowest BCUT2D eigenvalue weighted by Gasteiger charge is -2.30. The number of benzene rings is 2. The van der Waals surface area contributed by atoms with Gasteiger partial charge < -0.3 is 15.8 Å². The highest BCUT2D eigenvalue weighted by Gasteiger charge is 2.34. The van der Waals surface area contributed by atoms with Crippen molar-refractivity contribution in [2.24, 2.45) is 17.1 Å². The average molecular weight is 350 g/mol. The number of hydrogen-bond acceptors (Lipinski definition) is 2. The Morgan fingerprint density at radius 3 is 2.54 bits per heavy atom. The highest BCUT2D eigenvalue weighted by molar-refractivity contribution is 5.85. The van der Waals surface area contributed by atoms with E-state index in [0.717, 1.165) is 28.5 Å². The molecule has 0 radical (unpaired) electrons. The van der Waals surface area contributed by atoms with Crippen LogP contribution < -0.4 is 5.73 Å². The fourth-order valence-electron chi connectivity index (χ4n) is 3.74. The lowest BCUT2D eigenvalue weighted by atomic mass is 9.74. The molecule has 3 rings (SSSR count). The van der Waals surface area contributed by atoms with Crippen molar-refractivity contribution in [3.63, 3.8) is 0 Å². The van der Waals surface area contributed by atoms with Crippen LogP contribution in [-0.2, 0) is 17.6 Å². The van der Waals surface area contributed by atoms with E-state index >= 15 is 0 Å². The number of hydrogen-bond donors (Lipinski definition) is 3. The number of primary amides is 1. The number of carbonyl (C=O) groups is 1. The number of aliphatic hydroxyl groups excluding tert-OH is 1. The zero-order chi connectivity index (χ0) is 18.6. The summed E-state index contributed by atoms with van der Waals surface area (Å²) < 4.78 is 0. The molecule has 2 aromatic carbocycles. The van der Waals surface area contributed by atoms with Crippen molar-refractivity contribution in [1.29, 1.82) is 0 Å². The molecular formula is C22H26N2O2. The molecule has 26 heavy (non-hydrogen) atoms. The maximum atomic E-state index is 12.3. The number of nitrogens with one attached hydrogen (secondary N) is 1. The number of aromatic amines is 1. The van der Waals surface area contributed by atoms with E-state index in [1.807, 2.05) is 61.7 Å². The Labute approximate surface area is 154 Å². The molecule has 0 aliphatic heterocycles. The van der Waals surface area contributed by atoms with Crippen LogP contribution in [0.1, 0.15) is 24.5 Å². The number of para-hydroxylation sites is 1. The summed E-state index contributed by atoms with van der Waals surface area (Å²) in [5.41, 5.74) is 8.37. The summed E-state index contributed by atoms with van der Waals surface area (Å²) in [4.78, 5) is 15.6. The topological polar surface area (TPSA) is 79.1 Å². The monoisotopic (exact) mass is 350 g/mol. The molecule has 4 nitrogen and oxygen atoms in total. The van der Waals surface area contributed by atoms with Crippen LogP contribution in [0.25, 0.3) is 10.9 Å². The molecular weight excluding hydrogens is 324 g/mol.